The van der Waals surface area contributed by atoms with Crippen molar-refractivity contribution in [3.63, 3.8) is 0 Å². The number of carbonyl (C=O) groups is 1. The van der Waals surface area contributed by atoms with Crippen LogP contribution in [-0.4, -0.2) is 15.6 Å². The Hall–Kier alpha value is -1.91. The molecule has 1 heterocycles. The van der Waals surface area contributed by atoms with E-state index in [-0.39, 0.29) is 5.78 Å². The van der Waals surface area contributed by atoms with E-state index in [2.05, 4.69) is 21.0 Å². The Morgan fingerprint density at radius 1 is 1.10 bits per heavy atom. The first-order valence-corrected chi connectivity index (χ1v) is 7.42. The lowest BCUT2D eigenvalue weighted by atomic mass is 10.1. The highest BCUT2D eigenvalue weighted by Gasteiger charge is 2.16. The SMILES string of the molecule is O=C(c1cc(Cl)cc(Br)c1)c1ccnn1-c1ccccc1. The topological polar surface area (TPSA) is 34.9 Å². The van der Waals surface area contributed by atoms with Crippen molar-refractivity contribution in [3.8, 4) is 5.69 Å². The fourth-order valence-corrected chi connectivity index (χ4v) is 2.94. The van der Waals surface area contributed by atoms with Gasteiger partial charge < -0.3 is 0 Å². The van der Waals surface area contributed by atoms with Gasteiger partial charge in [0.05, 0.1) is 11.9 Å². The number of benzene rings is 2. The van der Waals surface area contributed by atoms with E-state index in [1.807, 2.05) is 30.3 Å². The number of ketones is 1. The molecule has 3 rings (SSSR count). The first-order valence-electron chi connectivity index (χ1n) is 6.25. The quantitative estimate of drug-likeness (QED) is 0.643. The van der Waals surface area contributed by atoms with E-state index in [0.717, 1.165) is 10.2 Å². The average Bonchev–Trinajstić information content (AvgIpc) is 2.95. The number of hydrogen-bond donors (Lipinski definition) is 0. The normalized spacial score (nSPS) is 10.6. The number of hydrogen-bond acceptors (Lipinski definition) is 2. The van der Waals surface area contributed by atoms with E-state index < -0.39 is 0 Å². The van der Waals surface area contributed by atoms with Gasteiger partial charge >= 0.3 is 0 Å². The highest BCUT2D eigenvalue weighted by Crippen LogP contribution is 2.22. The monoisotopic (exact) mass is 360 g/mol. The highest BCUT2D eigenvalue weighted by atomic mass is 79.9. The molecule has 0 saturated carbocycles. The molecule has 0 aliphatic heterocycles. The van der Waals surface area contributed by atoms with Gasteiger partial charge in [-0.05, 0) is 36.4 Å². The van der Waals surface area contributed by atoms with Crippen molar-refractivity contribution >= 4 is 33.3 Å². The smallest absolute Gasteiger partial charge is 0.211 e. The van der Waals surface area contributed by atoms with Crippen molar-refractivity contribution < 1.29 is 4.79 Å². The molecule has 0 aliphatic rings. The van der Waals surface area contributed by atoms with Crippen LogP contribution in [0.25, 0.3) is 5.69 Å². The summed E-state index contributed by atoms with van der Waals surface area (Å²) in [5, 5.41) is 4.74. The van der Waals surface area contributed by atoms with E-state index in [0.29, 0.717) is 16.3 Å². The number of rotatable bonds is 3. The van der Waals surface area contributed by atoms with Crippen molar-refractivity contribution in [1.82, 2.24) is 9.78 Å². The molecule has 0 bridgehead atoms. The third-order valence-corrected chi connectivity index (χ3v) is 3.68. The van der Waals surface area contributed by atoms with Gasteiger partial charge in [0, 0.05) is 15.1 Å². The zero-order valence-electron chi connectivity index (χ0n) is 10.8. The molecule has 0 spiro atoms. The summed E-state index contributed by atoms with van der Waals surface area (Å²) in [6.45, 7) is 0. The molecule has 0 amide bonds. The zero-order chi connectivity index (χ0) is 14.8. The predicted molar refractivity (Wildman–Crippen MR) is 86.1 cm³/mol. The Kier molecular flexibility index (Phi) is 3.90. The molecule has 1 aromatic heterocycles. The van der Waals surface area contributed by atoms with E-state index in [9.17, 15) is 4.79 Å². The predicted octanol–water partition coefficient (Wildman–Crippen LogP) is 4.52. The molecular weight excluding hydrogens is 352 g/mol. The van der Waals surface area contributed by atoms with Gasteiger partial charge in [-0.25, -0.2) is 4.68 Å². The van der Waals surface area contributed by atoms with Crippen LogP contribution in [0.5, 0.6) is 0 Å². The van der Waals surface area contributed by atoms with Gasteiger partial charge in [-0.1, -0.05) is 45.7 Å². The third-order valence-electron chi connectivity index (χ3n) is 3.00. The molecule has 104 valence electrons. The molecule has 0 aliphatic carbocycles. The van der Waals surface area contributed by atoms with Crippen molar-refractivity contribution in [1.29, 1.82) is 0 Å². The summed E-state index contributed by atoms with van der Waals surface area (Å²) in [4.78, 5) is 12.7. The average molecular weight is 362 g/mol. The Morgan fingerprint density at radius 2 is 1.86 bits per heavy atom. The van der Waals surface area contributed by atoms with Gasteiger partial charge in [0.2, 0.25) is 5.78 Å². The van der Waals surface area contributed by atoms with Gasteiger partial charge in [0.15, 0.2) is 0 Å². The molecule has 21 heavy (non-hydrogen) atoms. The number of aromatic nitrogens is 2. The summed E-state index contributed by atoms with van der Waals surface area (Å²) < 4.78 is 2.39. The molecular formula is C16H10BrClN2O. The van der Waals surface area contributed by atoms with Crippen LogP contribution in [0.15, 0.2) is 65.3 Å². The fraction of sp³-hybridized carbons (Fsp3) is 0. The molecule has 3 nitrogen and oxygen atoms in total. The summed E-state index contributed by atoms with van der Waals surface area (Å²) in [6, 6.07) is 16.4. The standard InChI is InChI=1S/C16H10BrClN2O/c17-12-8-11(9-13(18)10-12)16(21)15-6-7-19-20(15)14-4-2-1-3-5-14/h1-10H. The summed E-state index contributed by atoms with van der Waals surface area (Å²) in [6.07, 6.45) is 1.61. The van der Waals surface area contributed by atoms with Crippen LogP contribution in [-0.2, 0) is 0 Å². The molecule has 5 heteroatoms. The molecule has 0 saturated heterocycles. The van der Waals surface area contributed by atoms with Crippen LogP contribution in [0.2, 0.25) is 5.02 Å². The van der Waals surface area contributed by atoms with Crippen molar-refractivity contribution in [2.24, 2.45) is 0 Å². The lowest BCUT2D eigenvalue weighted by molar-refractivity contribution is 0.103. The Bertz CT molecular complexity index is 779. The van der Waals surface area contributed by atoms with Crippen LogP contribution in [0.4, 0.5) is 0 Å². The van der Waals surface area contributed by atoms with Crippen molar-refractivity contribution in [2.75, 3.05) is 0 Å². The minimum Gasteiger partial charge on any atom is -0.287 e. The van der Waals surface area contributed by atoms with E-state index in [1.54, 1.807) is 35.1 Å². The largest absolute Gasteiger partial charge is 0.287 e. The lowest BCUT2D eigenvalue weighted by Gasteiger charge is -2.07. The minimum absolute atomic E-state index is 0.125. The Morgan fingerprint density at radius 3 is 2.57 bits per heavy atom. The molecule has 0 radical (unpaired) electrons. The molecule has 0 N–H and O–H groups in total. The van der Waals surface area contributed by atoms with E-state index in [4.69, 9.17) is 11.6 Å². The maximum Gasteiger partial charge on any atom is 0.211 e. The van der Waals surface area contributed by atoms with Crippen LogP contribution >= 0.6 is 27.5 Å². The minimum atomic E-state index is -0.125. The van der Waals surface area contributed by atoms with Crippen molar-refractivity contribution in [2.45, 2.75) is 0 Å². The molecule has 2 aromatic carbocycles. The molecule has 0 atom stereocenters. The molecule has 3 aromatic rings. The second kappa shape index (κ2) is 5.84. The van der Waals surface area contributed by atoms with E-state index >= 15 is 0 Å². The summed E-state index contributed by atoms with van der Waals surface area (Å²) in [5.41, 5.74) is 1.86. The van der Waals surface area contributed by atoms with Gasteiger partial charge in [0.1, 0.15) is 5.69 Å². The van der Waals surface area contributed by atoms with Gasteiger partial charge in [0.25, 0.3) is 0 Å². The van der Waals surface area contributed by atoms with Gasteiger partial charge in [-0.15, -0.1) is 0 Å². The number of para-hydroxylation sites is 1. The third kappa shape index (κ3) is 2.91. The van der Waals surface area contributed by atoms with Gasteiger partial charge in [-0.2, -0.15) is 5.10 Å². The highest BCUT2D eigenvalue weighted by molar-refractivity contribution is 9.10. The second-order valence-electron chi connectivity index (χ2n) is 4.45. The number of nitrogens with zero attached hydrogens (tertiary/aromatic N) is 2. The number of carbonyl (C=O) groups excluding carboxylic acids is 1. The lowest BCUT2D eigenvalue weighted by Crippen LogP contribution is -2.10. The van der Waals surface area contributed by atoms with Crippen molar-refractivity contribution in [3.05, 3.63) is 81.5 Å². The van der Waals surface area contributed by atoms with Crippen LogP contribution in [0, 0.1) is 0 Å². The fourth-order valence-electron chi connectivity index (χ4n) is 2.08. The Labute approximate surface area is 135 Å². The number of halogens is 2. The molecule has 0 fully saturated rings. The zero-order valence-corrected chi connectivity index (χ0v) is 13.2. The summed E-state index contributed by atoms with van der Waals surface area (Å²) in [5.74, 6) is -0.125. The first kappa shape index (κ1) is 14.0. The maximum absolute atomic E-state index is 12.7. The van der Waals surface area contributed by atoms with Crippen LogP contribution in [0.1, 0.15) is 16.1 Å². The summed E-state index contributed by atoms with van der Waals surface area (Å²) >= 11 is 9.36. The Balaban J connectivity index is 2.06. The summed E-state index contributed by atoms with van der Waals surface area (Å²) in [7, 11) is 0. The van der Waals surface area contributed by atoms with Crippen LogP contribution < -0.4 is 0 Å². The first-order chi connectivity index (χ1) is 10.1. The molecule has 0 unspecified atom stereocenters. The second-order valence-corrected chi connectivity index (χ2v) is 5.80. The van der Waals surface area contributed by atoms with E-state index in [1.165, 1.54) is 0 Å². The van der Waals surface area contributed by atoms with Gasteiger partial charge in [-0.3, -0.25) is 4.79 Å². The van der Waals surface area contributed by atoms with Crippen LogP contribution in [0.3, 0.4) is 0 Å². The maximum atomic E-state index is 12.7.